The predicted molar refractivity (Wildman–Crippen MR) is 64.6 cm³/mol. The molecule has 0 aliphatic carbocycles. The molecule has 1 unspecified atom stereocenters. The molecule has 0 spiro atoms. The summed E-state index contributed by atoms with van der Waals surface area (Å²) in [6.07, 6.45) is 2.97. The van der Waals surface area contributed by atoms with Gasteiger partial charge < -0.3 is 10.1 Å². The van der Waals surface area contributed by atoms with Crippen LogP contribution in [0, 0.1) is 0 Å². The van der Waals surface area contributed by atoms with Gasteiger partial charge in [-0.25, -0.2) is 4.79 Å². The first-order valence-corrected chi connectivity index (χ1v) is 5.74. The Morgan fingerprint density at radius 3 is 2.71 bits per heavy atom. The summed E-state index contributed by atoms with van der Waals surface area (Å²) >= 11 is 0. The molecule has 1 N–H and O–H groups in total. The van der Waals surface area contributed by atoms with Crippen LogP contribution in [0.1, 0.15) is 26.2 Å². The maximum Gasteiger partial charge on any atom is 0.334 e. The Morgan fingerprint density at radius 2 is 2.12 bits per heavy atom. The van der Waals surface area contributed by atoms with E-state index in [1.807, 2.05) is 13.0 Å². The van der Waals surface area contributed by atoms with Gasteiger partial charge in [-0.05, 0) is 18.6 Å². The molecule has 0 aliphatic rings. The van der Waals surface area contributed by atoms with Gasteiger partial charge in [-0.3, -0.25) is 4.79 Å². The van der Waals surface area contributed by atoms with E-state index < -0.39 is 12.0 Å². The minimum absolute atomic E-state index is 0.420. The molecule has 17 heavy (non-hydrogen) atoms. The van der Waals surface area contributed by atoms with Crippen LogP contribution in [0.25, 0.3) is 0 Å². The Morgan fingerprint density at radius 1 is 1.41 bits per heavy atom. The van der Waals surface area contributed by atoms with Crippen LogP contribution in [0.4, 0.5) is 0 Å². The average molecular weight is 235 g/mol. The second-order valence-corrected chi connectivity index (χ2v) is 3.71. The molecule has 1 atom stereocenters. The van der Waals surface area contributed by atoms with Gasteiger partial charge in [-0.1, -0.05) is 38.0 Å². The van der Waals surface area contributed by atoms with E-state index in [1.165, 1.54) is 0 Å². The van der Waals surface area contributed by atoms with Crippen LogP contribution in [-0.4, -0.2) is 18.4 Å². The van der Waals surface area contributed by atoms with E-state index in [4.69, 9.17) is 4.74 Å². The second kappa shape index (κ2) is 7.44. The molecule has 0 saturated heterocycles. The molecule has 92 valence electrons. The highest BCUT2D eigenvalue weighted by molar-refractivity contribution is 5.80. The summed E-state index contributed by atoms with van der Waals surface area (Å²) in [7, 11) is 0. The first-order chi connectivity index (χ1) is 8.27. The van der Waals surface area contributed by atoms with Crippen molar-refractivity contribution in [2.75, 3.05) is 0 Å². The Kier molecular flexibility index (Phi) is 5.79. The van der Waals surface area contributed by atoms with E-state index in [0.717, 1.165) is 12.8 Å². The topological polar surface area (TPSA) is 55.4 Å². The van der Waals surface area contributed by atoms with Crippen LogP contribution in [0.2, 0.25) is 0 Å². The van der Waals surface area contributed by atoms with E-state index in [0.29, 0.717) is 18.6 Å². The second-order valence-electron chi connectivity index (χ2n) is 3.71. The third kappa shape index (κ3) is 4.68. The largest absolute Gasteiger partial charge is 0.425 e. The lowest BCUT2D eigenvalue weighted by Crippen LogP contribution is -2.38. The van der Waals surface area contributed by atoms with E-state index in [1.54, 1.807) is 24.3 Å². The van der Waals surface area contributed by atoms with Crippen LogP contribution in [0.3, 0.4) is 0 Å². The molecule has 1 aromatic carbocycles. The number of esters is 1. The zero-order valence-corrected chi connectivity index (χ0v) is 9.89. The lowest BCUT2D eigenvalue weighted by Gasteiger charge is -2.14. The molecular weight excluding hydrogens is 218 g/mol. The number of benzene rings is 1. The molecule has 4 heteroatoms. The number of hydrogen-bond donors (Lipinski definition) is 1. The van der Waals surface area contributed by atoms with Crippen LogP contribution in [0.5, 0.6) is 5.75 Å². The number of carbonyl (C=O) groups excluding carboxylic acids is 2. The fourth-order valence-corrected chi connectivity index (χ4v) is 1.44. The molecule has 1 rings (SSSR count). The number of amides is 1. The standard InChI is InChI=1S/C13H17NO3/c1-2-3-9-12(14-10-15)13(16)17-11-7-5-4-6-8-11/h4-8,10,12H,2-3,9H2,1H3,(H,14,15). The Hall–Kier alpha value is -1.84. The number of carbonyl (C=O) groups is 2. The van der Waals surface area contributed by atoms with Crippen LogP contribution < -0.4 is 10.1 Å². The summed E-state index contributed by atoms with van der Waals surface area (Å²) in [6, 6.07) is 8.27. The van der Waals surface area contributed by atoms with E-state index >= 15 is 0 Å². The molecule has 0 fully saturated rings. The normalized spacial score (nSPS) is 11.6. The smallest absolute Gasteiger partial charge is 0.334 e. The number of rotatable bonds is 7. The maximum absolute atomic E-state index is 11.8. The predicted octanol–water partition coefficient (Wildman–Crippen LogP) is 1.90. The van der Waals surface area contributed by atoms with Crippen LogP contribution >= 0.6 is 0 Å². The molecular formula is C13H17NO3. The Labute approximate surface area is 101 Å². The van der Waals surface area contributed by atoms with Gasteiger partial charge in [0, 0.05) is 0 Å². The third-order valence-corrected chi connectivity index (χ3v) is 2.36. The summed E-state index contributed by atoms with van der Waals surface area (Å²) in [5.41, 5.74) is 0. The van der Waals surface area contributed by atoms with Gasteiger partial charge >= 0.3 is 5.97 Å². The summed E-state index contributed by atoms with van der Waals surface area (Å²) < 4.78 is 5.17. The summed E-state index contributed by atoms with van der Waals surface area (Å²) in [4.78, 5) is 22.2. The number of para-hydroxylation sites is 1. The van der Waals surface area contributed by atoms with Gasteiger partial charge in [0.2, 0.25) is 6.41 Å². The highest BCUT2D eigenvalue weighted by Gasteiger charge is 2.18. The monoisotopic (exact) mass is 235 g/mol. The molecule has 4 nitrogen and oxygen atoms in total. The van der Waals surface area contributed by atoms with Gasteiger partial charge in [0.25, 0.3) is 0 Å². The molecule has 0 radical (unpaired) electrons. The van der Waals surface area contributed by atoms with Gasteiger partial charge in [0.05, 0.1) is 0 Å². The summed E-state index contributed by atoms with van der Waals surface area (Å²) in [5, 5.41) is 2.48. The van der Waals surface area contributed by atoms with E-state index in [2.05, 4.69) is 5.32 Å². The fourth-order valence-electron chi connectivity index (χ4n) is 1.44. The molecule has 0 aliphatic heterocycles. The Bertz CT molecular complexity index is 351. The Balaban J connectivity index is 2.55. The van der Waals surface area contributed by atoms with Crippen molar-refractivity contribution in [2.45, 2.75) is 32.2 Å². The quantitative estimate of drug-likeness (QED) is 0.446. The van der Waals surface area contributed by atoms with Crippen molar-refractivity contribution >= 4 is 12.4 Å². The highest BCUT2D eigenvalue weighted by atomic mass is 16.5. The summed E-state index contributed by atoms with van der Waals surface area (Å²) in [5.74, 6) is 0.0726. The number of nitrogens with one attached hydrogen (secondary N) is 1. The molecule has 1 aromatic rings. The lowest BCUT2D eigenvalue weighted by molar-refractivity contribution is -0.138. The van der Waals surface area contributed by atoms with Gasteiger partial charge in [0.15, 0.2) is 0 Å². The molecule has 0 aromatic heterocycles. The molecule has 0 heterocycles. The lowest BCUT2D eigenvalue weighted by atomic mass is 10.1. The van der Waals surface area contributed by atoms with Crippen molar-refractivity contribution in [1.29, 1.82) is 0 Å². The zero-order valence-electron chi connectivity index (χ0n) is 9.89. The van der Waals surface area contributed by atoms with E-state index in [-0.39, 0.29) is 0 Å². The van der Waals surface area contributed by atoms with Crippen molar-refractivity contribution in [2.24, 2.45) is 0 Å². The highest BCUT2D eigenvalue weighted by Crippen LogP contribution is 2.11. The molecule has 0 bridgehead atoms. The minimum Gasteiger partial charge on any atom is -0.425 e. The summed E-state index contributed by atoms with van der Waals surface area (Å²) in [6.45, 7) is 2.03. The zero-order chi connectivity index (χ0) is 12.5. The number of unbranched alkanes of at least 4 members (excludes halogenated alkanes) is 1. The van der Waals surface area contributed by atoms with E-state index in [9.17, 15) is 9.59 Å². The van der Waals surface area contributed by atoms with Gasteiger partial charge in [-0.15, -0.1) is 0 Å². The van der Waals surface area contributed by atoms with Gasteiger partial charge in [-0.2, -0.15) is 0 Å². The maximum atomic E-state index is 11.8. The molecule has 1 amide bonds. The van der Waals surface area contributed by atoms with Crippen LogP contribution in [0.15, 0.2) is 30.3 Å². The van der Waals surface area contributed by atoms with Crippen molar-refractivity contribution in [3.05, 3.63) is 30.3 Å². The first kappa shape index (κ1) is 13.2. The van der Waals surface area contributed by atoms with Crippen molar-refractivity contribution in [3.8, 4) is 5.75 Å². The van der Waals surface area contributed by atoms with Crippen LogP contribution in [-0.2, 0) is 9.59 Å². The third-order valence-electron chi connectivity index (χ3n) is 2.36. The first-order valence-electron chi connectivity index (χ1n) is 5.74. The number of hydrogen-bond acceptors (Lipinski definition) is 3. The average Bonchev–Trinajstić information content (AvgIpc) is 2.35. The SMILES string of the molecule is CCCCC(NC=O)C(=O)Oc1ccccc1. The van der Waals surface area contributed by atoms with Crippen molar-refractivity contribution in [3.63, 3.8) is 0 Å². The van der Waals surface area contributed by atoms with Crippen molar-refractivity contribution < 1.29 is 14.3 Å². The fraction of sp³-hybridized carbons (Fsp3) is 0.385. The number of ether oxygens (including phenoxy) is 1. The molecule has 0 saturated carbocycles. The van der Waals surface area contributed by atoms with Crippen molar-refractivity contribution in [1.82, 2.24) is 5.32 Å². The minimum atomic E-state index is -0.562. The van der Waals surface area contributed by atoms with Gasteiger partial charge in [0.1, 0.15) is 11.8 Å².